The van der Waals surface area contributed by atoms with Crippen LogP contribution in [0.1, 0.15) is 44.8 Å². The largest absolute Gasteiger partial charge is 0.389 e. The van der Waals surface area contributed by atoms with Gasteiger partial charge < -0.3 is 10.0 Å². The van der Waals surface area contributed by atoms with Gasteiger partial charge in [0.1, 0.15) is 0 Å². The standard InChI is InChI=1S/C15H22BrNO/c1-3-17(10-12-5-4-6-12)15-8-7-13(16)9-14(15)11(2)18/h7-9,11-12,18H,3-6,10H2,1-2H3. The Labute approximate surface area is 118 Å². The fraction of sp³-hybridized carbons (Fsp3) is 0.600. The molecule has 100 valence electrons. The molecule has 0 spiro atoms. The highest BCUT2D eigenvalue weighted by Crippen LogP contribution is 2.33. The fourth-order valence-electron chi connectivity index (χ4n) is 2.53. The quantitative estimate of drug-likeness (QED) is 0.884. The minimum atomic E-state index is -0.423. The molecule has 0 heterocycles. The third-order valence-corrected chi connectivity index (χ3v) is 4.36. The summed E-state index contributed by atoms with van der Waals surface area (Å²) < 4.78 is 1.03. The second-order valence-corrected chi connectivity index (χ2v) is 6.13. The van der Waals surface area contributed by atoms with E-state index >= 15 is 0 Å². The molecule has 1 aromatic carbocycles. The predicted molar refractivity (Wildman–Crippen MR) is 80.0 cm³/mol. The number of halogens is 1. The molecule has 0 aromatic heterocycles. The van der Waals surface area contributed by atoms with Crippen molar-refractivity contribution in [1.29, 1.82) is 0 Å². The minimum absolute atomic E-state index is 0.423. The highest BCUT2D eigenvalue weighted by Gasteiger charge is 2.22. The van der Waals surface area contributed by atoms with Gasteiger partial charge in [-0.05, 0) is 50.8 Å². The van der Waals surface area contributed by atoms with Crippen molar-refractivity contribution in [3.05, 3.63) is 28.2 Å². The van der Waals surface area contributed by atoms with Crippen LogP contribution in [0.25, 0.3) is 0 Å². The molecule has 2 nitrogen and oxygen atoms in total. The first-order valence-corrected chi connectivity index (χ1v) is 7.63. The summed E-state index contributed by atoms with van der Waals surface area (Å²) in [7, 11) is 0. The van der Waals surface area contributed by atoms with Gasteiger partial charge in [-0.25, -0.2) is 0 Å². The van der Waals surface area contributed by atoms with Crippen LogP contribution < -0.4 is 4.90 Å². The van der Waals surface area contributed by atoms with Crippen molar-refractivity contribution in [1.82, 2.24) is 0 Å². The van der Waals surface area contributed by atoms with Gasteiger partial charge in [-0.15, -0.1) is 0 Å². The summed E-state index contributed by atoms with van der Waals surface area (Å²) >= 11 is 3.48. The van der Waals surface area contributed by atoms with Crippen molar-refractivity contribution in [2.45, 2.75) is 39.2 Å². The van der Waals surface area contributed by atoms with E-state index in [9.17, 15) is 5.11 Å². The SMILES string of the molecule is CCN(CC1CCC1)c1ccc(Br)cc1C(C)O. The summed E-state index contributed by atoms with van der Waals surface area (Å²) in [6, 6.07) is 6.21. The van der Waals surface area contributed by atoms with Crippen LogP contribution in [-0.2, 0) is 0 Å². The molecule has 0 bridgehead atoms. The molecule has 0 amide bonds. The van der Waals surface area contributed by atoms with Gasteiger partial charge in [-0.3, -0.25) is 0 Å². The summed E-state index contributed by atoms with van der Waals surface area (Å²) in [4.78, 5) is 2.40. The lowest BCUT2D eigenvalue weighted by Crippen LogP contribution is -2.33. The Hall–Kier alpha value is -0.540. The molecular formula is C15H22BrNO. The molecule has 1 saturated carbocycles. The van der Waals surface area contributed by atoms with Gasteiger partial charge in [0.05, 0.1) is 6.10 Å². The number of rotatable bonds is 5. The van der Waals surface area contributed by atoms with Crippen LogP contribution in [0.2, 0.25) is 0 Å². The van der Waals surface area contributed by atoms with E-state index in [-0.39, 0.29) is 0 Å². The van der Waals surface area contributed by atoms with Gasteiger partial charge >= 0.3 is 0 Å². The lowest BCUT2D eigenvalue weighted by Gasteiger charge is -2.34. The molecule has 1 aliphatic carbocycles. The summed E-state index contributed by atoms with van der Waals surface area (Å²) in [5.41, 5.74) is 2.20. The van der Waals surface area contributed by atoms with Gasteiger partial charge in [0, 0.05) is 28.8 Å². The van der Waals surface area contributed by atoms with E-state index < -0.39 is 6.10 Å². The Kier molecular flexibility index (Phi) is 4.68. The maximum absolute atomic E-state index is 9.93. The minimum Gasteiger partial charge on any atom is -0.389 e. The number of anilines is 1. The summed E-state index contributed by atoms with van der Waals surface area (Å²) in [6.07, 6.45) is 3.67. The maximum atomic E-state index is 9.93. The van der Waals surface area contributed by atoms with Crippen molar-refractivity contribution >= 4 is 21.6 Å². The molecule has 1 aromatic rings. The fourth-order valence-corrected chi connectivity index (χ4v) is 2.91. The molecule has 3 heteroatoms. The number of hydrogen-bond donors (Lipinski definition) is 1. The lowest BCUT2D eigenvalue weighted by atomic mass is 9.85. The average Bonchev–Trinajstić information content (AvgIpc) is 2.28. The smallest absolute Gasteiger partial charge is 0.0782 e. The Bertz CT molecular complexity index is 401. The van der Waals surface area contributed by atoms with Gasteiger partial charge in [-0.2, -0.15) is 0 Å². The van der Waals surface area contributed by atoms with Gasteiger partial charge in [-0.1, -0.05) is 22.4 Å². The molecule has 0 aliphatic heterocycles. The molecule has 0 saturated heterocycles. The van der Waals surface area contributed by atoms with E-state index in [0.717, 1.165) is 29.0 Å². The van der Waals surface area contributed by atoms with Crippen LogP contribution in [-0.4, -0.2) is 18.2 Å². The highest BCUT2D eigenvalue weighted by atomic mass is 79.9. The third-order valence-electron chi connectivity index (χ3n) is 3.87. The van der Waals surface area contributed by atoms with Crippen molar-refractivity contribution in [3.63, 3.8) is 0 Å². The predicted octanol–water partition coefficient (Wildman–Crippen LogP) is 4.13. The monoisotopic (exact) mass is 311 g/mol. The van der Waals surface area contributed by atoms with Crippen LogP contribution >= 0.6 is 15.9 Å². The van der Waals surface area contributed by atoms with Crippen LogP contribution in [0.3, 0.4) is 0 Å². The number of benzene rings is 1. The summed E-state index contributed by atoms with van der Waals surface area (Å²) in [6.45, 7) is 6.14. The molecule has 1 fully saturated rings. The van der Waals surface area contributed by atoms with E-state index in [1.54, 1.807) is 0 Å². The van der Waals surface area contributed by atoms with Crippen molar-refractivity contribution in [3.8, 4) is 0 Å². The molecule has 2 rings (SSSR count). The normalized spacial score (nSPS) is 17.3. The van der Waals surface area contributed by atoms with Crippen LogP contribution in [0.4, 0.5) is 5.69 Å². The Balaban J connectivity index is 2.22. The van der Waals surface area contributed by atoms with Gasteiger partial charge in [0.2, 0.25) is 0 Å². The topological polar surface area (TPSA) is 23.5 Å². The van der Waals surface area contributed by atoms with E-state index in [1.807, 2.05) is 13.0 Å². The van der Waals surface area contributed by atoms with E-state index in [4.69, 9.17) is 0 Å². The molecular weight excluding hydrogens is 290 g/mol. The number of aliphatic hydroxyl groups is 1. The number of aliphatic hydroxyl groups excluding tert-OH is 1. The first-order chi connectivity index (χ1) is 8.61. The molecule has 1 atom stereocenters. The zero-order valence-electron chi connectivity index (χ0n) is 11.2. The van der Waals surface area contributed by atoms with Crippen molar-refractivity contribution in [2.75, 3.05) is 18.0 Å². The molecule has 1 aliphatic rings. The average molecular weight is 312 g/mol. The second kappa shape index (κ2) is 6.07. The Morgan fingerprint density at radius 3 is 2.67 bits per heavy atom. The summed E-state index contributed by atoms with van der Waals surface area (Å²) in [5.74, 6) is 0.843. The zero-order valence-corrected chi connectivity index (χ0v) is 12.8. The number of nitrogens with zero attached hydrogens (tertiary/aromatic N) is 1. The zero-order chi connectivity index (χ0) is 13.1. The highest BCUT2D eigenvalue weighted by molar-refractivity contribution is 9.10. The van der Waals surface area contributed by atoms with Gasteiger partial charge in [0.15, 0.2) is 0 Å². The third kappa shape index (κ3) is 3.07. The van der Waals surface area contributed by atoms with Crippen LogP contribution in [0.5, 0.6) is 0 Å². The molecule has 18 heavy (non-hydrogen) atoms. The molecule has 1 unspecified atom stereocenters. The Morgan fingerprint density at radius 1 is 1.44 bits per heavy atom. The van der Waals surface area contributed by atoms with Crippen LogP contribution in [0.15, 0.2) is 22.7 Å². The maximum Gasteiger partial charge on any atom is 0.0782 e. The lowest BCUT2D eigenvalue weighted by molar-refractivity contribution is 0.199. The van der Waals surface area contributed by atoms with Crippen LogP contribution in [0, 0.1) is 5.92 Å². The first kappa shape index (κ1) is 13.9. The van der Waals surface area contributed by atoms with E-state index in [1.165, 1.54) is 24.9 Å². The molecule has 0 radical (unpaired) electrons. The van der Waals surface area contributed by atoms with E-state index in [2.05, 4.69) is 39.9 Å². The molecule has 1 N–H and O–H groups in total. The van der Waals surface area contributed by atoms with E-state index in [0.29, 0.717) is 0 Å². The number of hydrogen-bond acceptors (Lipinski definition) is 2. The van der Waals surface area contributed by atoms with Crippen molar-refractivity contribution in [2.24, 2.45) is 5.92 Å². The summed E-state index contributed by atoms with van der Waals surface area (Å²) in [5, 5.41) is 9.93. The van der Waals surface area contributed by atoms with Gasteiger partial charge in [0.25, 0.3) is 0 Å². The second-order valence-electron chi connectivity index (χ2n) is 5.21. The first-order valence-electron chi connectivity index (χ1n) is 6.84. The van der Waals surface area contributed by atoms with Crippen molar-refractivity contribution < 1.29 is 5.11 Å². The Morgan fingerprint density at radius 2 is 2.17 bits per heavy atom.